The summed E-state index contributed by atoms with van der Waals surface area (Å²) in [5, 5.41) is 0. The molecule has 0 aliphatic carbocycles. The molecule has 0 aromatic heterocycles. The van der Waals surface area contributed by atoms with E-state index in [1.807, 2.05) is 0 Å². The summed E-state index contributed by atoms with van der Waals surface area (Å²) < 4.78 is 0. The van der Waals surface area contributed by atoms with Gasteiger partial charge in [0.15, 0.2) is 0 Å². The molecule has 0 rings (SSSR count). The van der Waals surface area contributed by atoms with Gasteiger partial charge in [-0.3, -0.25) is 0 Å². The third kappa shape index (κ3) is 28.1. The van der Waals surface area contributed by atoms with Crippen molar-refractivity contribution in [1.82, 2.24) is 0 Å². The van der Waals surface area contributed by atoms with Gasteiger partial charge in [-0.15, -0.1) is 0 Å². The van der Waals surface area contributed by atoms with Crippen molar-refractivity contribution >= 4 is 0 Å². The number of unbranched alkanes of at least 4 members (excludes halogenated alkanes) is 24. The maximum Gasteiger partial charge on any atom is -0.0414 e. The van der Waals surface area contributed by atoms with E-state index >= 15 is 0 Å². The van der Waals surface area contributed by atoms with Crippen molar-refractivity contribution < 1.29 is 0 Å². The molecule has 0 spiro atoms. The minimum absolute atomic E-state index is 0.908. The van der Waals surface area contributed by atoms with E-state index in [2.05, 4.69) is 20.8 Å². The van der Waals surface area contributed by atoms with Gasteiger partial charge >= 0.3 is 0 Å². The summed E-state index contributed by atoms with van der Waals surface area (Å²) in [7, 11) is 0. The van der Waals surface area contributed by atoms with Crippen molar-refractivity contribution in [1.29, 1.82) is 0 Å². The summed E-state index contributed by atoms with van der Waals surface area (Å²) in [5.74, 6) is 0.908. The molecule has 0 saturated heterocycles. The van der Waals surface area contributed by atoms with Crippen molar-refractivity contribution in [3.05, 3.63) is 6.92 Å². The first-order valence-corrected chi connectivity index (χ1v) is 16.1. The highest BCUT2D eigenvalue weighted by Gasteiger charge is 2.06. The Hall–Kier alpha value is 0. The largest absolute Gasteiger partial charge is 0.0654 e. The first-order valence-electron chi connectivity index (χ1n) is 16.1. The smallest absolute Gasteiger partial charge is 0.0414 e. The fourth-order valence-corrected chi connectivity index (χ4v) is 5.33. The Labute approximate surface area is 212 Å². The predicted molar refractivity (Wildman–Crippen MR) is 154 cm³/mol. The van der Waals surface area contributed by atoms with Gasteiger partial charge in [-0.25, -0.2) is 0 Å². The quantitative estimate of drug-likeness (QED) is 0.0967. The van der Waals surface area contributed by atoms with E-state index in [-0.39, 0.29) is 0 Å². The zero-order chi connectivity index (χ0) is 24.1. The zero-order valence-electron chi connectivity index (χ0n) is 23.8. The topological polar surface area (TPSA) is 0 Å². The summed E-state index contributed by atoms with van der Waals surface area (Å²) >= 11 is 0. The van der Waals surface area contributed by atoms with Crippen LogP contribution in [0.4, 0.5) is 0 Å². The molecule has 0 aromatic rings. The maximum atomic E-state index is 4.24. The highest BCUT2D eigenvalue weighted by Crippen LogP contribution is 2.22. The van der Waals surface area contributed by atoms with E-state index < -0.39 is 0 Å². The van der Waals surface area contributed by atoms with Crippen molar-refractivity contribution in [2.45, 2.75) is 200 Å². The molecule has 0 heterocycles. The van der Waals surface area contributed by atoms with Gasteiger partial charge in [-0.2, -0.15) is 0 Å². The average Bonchev–Trinajstić information content (AvgIpc) is 2.83. The van der Waals surface area contributed by atoms with E-state index in [4.69, 9.17) is 0 Å². The zero-order valence-corrected chi connectivity index (χ0v) is 23.8. The van der Waals surface area contributed by atoms with E-state index in [0.717, 1.165) is 12.3 Å². The molecule has 33 heavy (non-hydrogen) atoms. The Balaban J connectivity index is 3.23. The normalized spacial score (nSPS) is 12.5. The molecule has 1 radical (unpaired) electrons. The molecule has 0 heteroatoms. The minimum atomic E-state index is 0.908. The Morgan fingerprint density at radius 2 is 0.545 bits per heavy atom. The molecule has 199 valence electrons. The van der Waals surface area contributed by atoms with Gasteiger partial charge in [0.2, 0.25) is 0 Å². The van der Waals surface area contributed by atoms with Crippen molar-refractivity contribution in [3.8, 4) is 0 Å². The second kappa shape index (κ2) is 30.0. The molecule has 1 unspecified atom stereocenters. The summed E-state index contributed by atoms with van der Waals surface area (Å²) in [6.45, 7) is 8.85. The van der Waals surface area contributed by atoms with Crippen LogP contribution in [-0.2, 0) is 0 Å². The molecule has 0 aliphatic rings. The third-order valence-electron chi connectivity index (χ3n) is 7.84. The van der Waals surface area contributed by atoms with Crippen molar-refractivity contribution in [3.63, 3.8) is 0 Å². The van der Waals surface area contributed by atoms with Gasteiger partial charge < -0.3 is 0 Å². The van der Waals surface area contributed by atoms with Gasteiger partial charge in [0, 0.05) is 0 Å². The lowest BCUT2D eigenvalue weighted by Crippen LogP contribution is -1.99. The first kappa shape index (κ1) is 33.0. The molecule has 1 atom stereocenters. The summed E-state index contributed by atoms with van der Waals surface area (Å²) in [5.41, 5.74) is 0. The number of rotatable bonds is 29. The Kier molecular flexibility index (Phi) is 30.0. The minimum Gasteiger partial charge on any atom is -0.0654 e. The SMILES string of the molecule is [CH2]CC(CCCCCCCCCCC)CCCCCCCCCCCCCCCCCCC. The standard InChI is InChI=1S/C33H67/c1-4-7-9-11-13-15-16-17-18-19-20-21-22-24-26-28-30-32-33(6-3)31-29-27-25-23-14-12-10-8-5-2/h33H,3-32H2,1-2H3. The average molecular weight is 464 g/mol. The third-order valence-corrected chi connectivity index (χ3v) is 7.84. The van der Waals surface area contributed by atoms with Crippen LogP contribution in [0, 0.1) is 12.8 Å². The molecule has 0 nitrogen and oxygen atoms in total. The summed E-state index contributed by atoms with van der Waals surface area (Å²) in [6.07, 6.45) is 42.1. The molecular formula is C33H67. The summed E-state index contributed by atoms with van der Waals surface area (Å²) in [4.78, 5) is 0. The van der Waals surface area contributed by atoms with Gasteiger partial charge in [0.05, 0.1) is 0 Å². The van der Waals surface area contributed by atoms with Crippen LogP contribution in [-0.4, -0.2) is 0 Å². The van der Waals surface area contributed by atoms with E-state index in [1.54, 1.807) is 0 Å². The Morgan fingerprint density at radius 1 is 0.333 bits per heavy atom. The van der Waals surface area contributed by atoms with E-state index in [0.29, 0.717) is 0 Å². The number of hydrogen-bond donors (Lipinski definition) is 0. The van der Waals surface area contributed by atoms with Gasteiger partial charge in [-0.1, -0.05) is 207 Å². The maximum absolute atomic E-state index is 4.24. The van der Waals surface area contributed by atoms with Crippen LogP contribution in [0.15, 0.2) is 0 Å². The molecule has 0 aliphatic heterocycles. The van der Waals surface area contributed by atoms with E-state index in [9.17, 15) is 0 Å². The lowest BCUT2D eigenvalue weighted by molar-refractivity contribution is 0.404. The monoisotopic (exact) mass is 464 g/mol. The second-order valence-electron chi connectivity index (χ2n) is 11.2. The van der Waals surface area contributed by atoms with Crippen LogP contribution in [0.25, 0.3) is 0 Å². The fraction of sp³-hybridized carbons (Fsp3) is 0.970. The van der Waals surface area contributed by atoms with E-state index in [1.165, 1.54) is 180 Å². The van der Waals surface area contributed by atoms with Crippen LogP contribution in [0.5, 0.6) is 0 Å². The molecule has 0 fully saturated rings. The Morgan fingerprint density at radius 3 is 0.758 bits per heavy atom. The molecule has 0 amide bonds. The van der Waals surface area contributed by atoms with Crippen LogP contribution in [0.2, 0.25) is 0 Å². The highest BCUT2D eigenvalue weighted by atomic mass is 14.1. The van der Waals surface area contributed by atoms with Gasteiger partial charge in [0.25, 0.3) is 0 Å². The molecule has 0 saturated carbocycles. The molecule has 0 N–H and O–H groups in total. The summed E-state index contributed by atoms with van der Waals surface area (Å²) in [6, 6.07) is 0. The lowest BCUT2D eigenvalue weighted by Gasteiger charge is -2.14. The van der Waals surface area contributed by atoms with Crippen molar-refractivity contribution in [2.75, 3.05) is 0 Å². The molecular weight excluding hydrogens is 396 g/mol. The number of hydrogen-bond acceptors (Lipinski definition) is 0. The van der Waals surface area contributed by atoms with Gasteiger partial charge in [-0.05, 0) is 5.92 Å². The van der Waals surface area contributed by atoms with Gasteiger partial charge in [0.1, 0.15) is 0 Å². The Bertz CT molecular complexity index is 320. The highest BCUT2D eigenvalue weighted by molar-refractivity contribution is 4.62. The van der Waals surface area contributed by atoms with Crippen LogP contribution < -0.4 is 0 Å². The lowest BCUT2D eigenvalue weighted by atomic mass is 9.92. The van der Waals surface area contributed by atoms with Crippen LogP contribution in [0.3, 0.4) is 0 Å². The first-order chi connectivity index (χ1) is 16.3. The predicted octanol–water partition coefficient (Wildman–Crippen LogP) is 12.8. The van der Waals surface area contributed by atoms with Crippen molar-refractivity contribution in [2.24, 2.45) is 5.92 Å². The van der Waals surface area contributed by atoms with Crippen LogP contribution in [0.1, 0.15) is 200 Å². The molecule has 0 aromatic carbocycles. The second-order valence-corrected chi connectivity index (χ2v) is 11.2. The molecule has 0 bridgehead atoms. The fourth-order valence-electron chi connectivity index (χ4n) is 5.33. The van der Waals surface area contributed by atoms with Crippen LogP contribution >= 0.6 is 0 Å².